The van der Waals surface area contributed by atoms with Gasteiger partial charge in [0.15, 0.2) is 0 Å². The summed E-state index contributed by atoms with van der Waals surface area (Å²) < 4.78 is 32.9. The van der Waals surface area contributed by atoms with Gasteiger partial charge < -0.3 is 9.64 Å². The van der Waals surface area contributed by atoms with E-state index in [0.717, 1.165) is 25.8 Å². The van der Waals surface area contributed by atoms with Crippen molar-refractivity contribution in [3.05, 3.63) is 17.5 Å². The Morgan fingerprint density at radius 3 is 2.56 bits per heavy atom. The van der Waals surface area contributed by atoms with Crippen LogP contribution in [-0.2, 0) is 19.6 Å². The molecule has 4 rings (SSSR count). The van der Waals surface area contributed by atoms with Gasteiger partial charge in [-0.25, -0.2) is 8.42 Å². The van der Waals surface area contributed by atoms with Gasteiger partial charge in [0.05, 0.1) is 19.3 Å². The van der Waals surface area contributed by atoms with E-state index in [0.29, 0.717) is 43.6 Å². The number of rotatable bonds is 3. The van der Waals surface area contributed by atoms with Crippen molar-refractivity contribution in [2.45, 2.75) is 29.5 Å². The van der Waals surface area contributed by atoms with Crippen LogP contribution in [0.1, 0.15) is 19.3 Å². The number of carbonyl (C=O) groups is 1. The number of hydrogen-bond donors (Lipinski definition) is 0. The second-order valence-corrected chi connectivity index (χ2v) is 11.0. The first-order valence-corrected chi connectivity index (χ1v) is 11.8. The van der Waals surface area contributed by atoms with E-state index in [4.69, 9.17) is 4.74 Å². The number of amides is 1. The van der Waals surface area contributed by atoms with Gasteiger partial charge in [0, 0.05) is 32.7 Å². The van der Waals surface area contributed by atoms with Crippen LogP contribution in [0.15, 0.2) is 21.7 Å². The third-order valence-electron chi connectivity index (χ3n) is 6.22. The molecule has 3 saturated heterocycles. The fraction of sp³-hybridized carbons (Fsp3) is 0.722. The third-order valence-corrected chi connectivity index (χ3v) is 9.50. The summed E-state index contributed by atoms with van der Waals surface area (Å²) in [6.07, 6.45) is 2.45. The predicted molar refractivity (Wildman–Crippen MR) is 103 cm³/mol. The van der Waals surface area contributed by atoms with Crippen LogP contribution < -0.4 is 0 Å². The first-order valence-electron chi connectivity index (χ1n) is 9.52. The molecule has 0 saturated carbocycles. The molecule has 150 valence electrons. The van der Waals surface area contributed by atoms with E-state index in [1.807, 2.05) is 11.9 Å². The van der Waals surface area contributed by atoms with Crippen LogP contribution in [0.5, 0.6) is 0 Å². The molecule has 0 radical (unpaired) electrons. The SMILES string of the molecule is CN1CC2(CCN(S(=O)(=O)c3cccs3)CC2)CC1C(=O)N1CCOCC1. The molecule has 0 N–H and O–H groups in total. The van der Waals surface area contributed by atoms with Crippen molar-refractivity contribution in [1.82, 2.24) is 14.1 Å². The number of likely N-dealkylation sites (N-methyl/N-ethyl adjacent to an activating group) is 1. The van der Waals surface area contributed by atoms with Gasteiger partial charge in [0.25, 0.3) is 10.0 Å². The molecule has 3 aliphatic heterocycles. The highest BCUT2D eigenvalue weighted by molar-refractivity contribution is 7.91. The van der Waals surface area contributed by atoms with Crippen LogP contribution in [-0.4, -0.2) is 87.5 Å². The lowest BCUT2D eigenvalue weighted by Gasteiger charge is -2.38. The zero-order chi connectivity index (χ0) is 19.1. The highest BCUT2D eigenvalue weighted by Gasteiger charge is 2.48. The van der Waals surface area contributed by atoms with Crippen LogP contribution in [0.25, 0.3) is 0 Å². The van der Waals surface area contributed by atoms with Crippen molar-refractivity contribution in [3.8, 4) is 0 Å². The van der Waals surface area contributed by atoms with E-state index < -0.39 is 10.0 Å². The Bertz CT molecular complexity index is 767. The Morgan fingerprint density at radius 1 is 1.22 bits per heavy atom. The normalized spacial score (nSPS) is 27.3. The van der Waals surface area contributed by atoms with Crippen molar-refractivity contribution in [2.75, 3.05) is 53.0 Å². The molecule has 0 aliphatic carbocycles. The van der Waals surface area contributed by atoms with E-state index in [1.54, 1.807) is 21.8 Å². The molecule has 1 atom stereocenters. The number of morpholine rings is 1. The van der Waals surface area contributed by atoms with E-state index in [-0.39, 0.29) is 17.4 Å². The average Bonchev–Trinajstić information content (AvgIpc) is 3.31. The van der Waals surface area contributed by atoms with E-state index in [2.05, 4.69) is 4.90 Å². The molecule has 1 aromatic rings. The highest BCUT2D eigenvalue weighted by atomic mass is 32.2. The van der Waals surface area contributed by atoms with Gasteiger partial charge in [-0.3, -0.25) is 9.69 Å². The van der Waals surface area contributed by atoms with Crippen molar-refractivity contribution in [1.29, 1.82) is 0 Å². The molecule has 1 unspecified atom stereocenters. The van der Waals surface area contributed by atoms with Crippen molar-refractivity contribution < 1.29 is 17.9 Å². The predicted octanol–water partition coefficient (Wildman–Crippen LogP) is 1.08. The number of nitrogens with zero attached hydrogens (tertiary/aromatic N) is 3. The number of piperidine rings is 1. The number of likely N-dealkylation sites (tertiary alicyclic amines) is 1. The van der Waals surface area contributed by atoms with Crippen LogP contribution in [0.4, 0.5) is 0 Å². The number of hydrogen-bond acceptors (Lipinski definition) is 6. The van der Waals surface area contributed by atoms with Crippen LogP contribution in [0.3, 0.4) is 0 Å². The van der Waals surface area contributed by atoms with Gasteiger partial charge in [-0.05, 0) is 43.2 Å². The molecule has 0 aromatic carbocycles. The number of thiophene rings is 1. The Hall–Kier alpha value is -1.00. The zero-order valence-corrected chi connectivity index (χ0v) is 17.3. The van der Waals surface area contributed by atoms with E-state index >= 15 is 0 Å². The van der Waals surface area contributed by atoms with Crippen LogP contribution >= 0.6 is 11.3 Å². The lowest BCUT2D eigenvalue weighted by molar-refractivity contribution is -0.139. The first-order chi connectivity index (χ1) is 12.9. The molecule has 3 aliphatic rings. The van der Waals surface area contributed by atoms with Gasteiger partial charge >= 0.3 is 0 Å². The van der Waals surface area contributed by atoms with E-state index in [9.17, 15) is 13.2 Å². The van der Waals surface area contributed by atoms with Crippen LogP contribution in [0, 0.1) is 5.41 Å². The molecule has 0 bridgehead atoms. The maximum atomic E-state index is 12.9. The Morgan fingerprint density at radius 2 is 1.93 bits per heavy atom. The third kappa shape index (κ3) is 3.67. The molecule has 27 heavy (non-hydrogen) atoms. The minimum Gasteiger partial charge on any atom is -0.378 e. The monoisotopic (exact) mass is 413 g/mol. The average molecular weight is 414 g/mol. The van der Waals surface area contributed by atoms with Gasteiger partial charge in [0.2, 0.25) is 5.91 Å². The maximum Gasteiger partial charge on any atom is 0.252 e. The fourth-order valence-corrected chi connectivity index (χ4v) is 7.23. The lowest BCUT2D eigenvalue weighted by Crippen LogP contribution is -2.48. The Balaban J connectivity index is 1.40. The molecule has 1 aromatic heterocycles. The van der Waals surface area contributed by atoms with Crippen LogP contribution in [0.2, 0.25) is 0 Å². The van der Waals surface area contributed by atoms with Gasteiger partial charge in [-0.15, -0.1) is 11.3 Å². The standard InChI is InChI=1S/C18H27N3O4S2/c1-19-14-18(13-15(19)17(22)20-8-10-25-11-9-20)4-6-21(7-5-18)27(23,24)16-3-2-12-26-16/h2-3,12,15H,4-11,13-14H2,1H3. The number of carbonyl (C=O) groups excluding carboxylic acids is 1. The minimum absolute atomic E-state index is 0.0445. The zero-order valence-electron chi connectivity index (χ0n) is 15.7. The Labute approximate surface area is 164 Å². The fourth-order valence-electron chi connectivity index (χ4n) is 4.64. The summed E-state index contributed by atoms with van der Waals surface area (Å²) in [4.78, 5) is 17.0. The molecular formula is C18H27N3O4S2. The van der Waals surface area contributed by atoms with Gasteiger partial charge in [-0.2, -0.15) is 4.31 Å². The van der Waals surface area contributed by atoms with Crippen molar-refractivity contribution >= 4 is 27.3 Å². The van der Waals surface area contributed by atoms with Gasteiger partial charge in [0.1, 0.15) is 4.21 Å². The summed E-state index contributed by atoms with van der Waals surface area (Å²) in [5, 5.41) is 1.80. The summed E-state index contributed by atoms with van der Waals surface area (Å²) in [5.74, 6) is 0.200. The molecule has 1 amide bonds. The minimum atomic E-state index is -3.38. The molecule has 7 nitrogen and oxygen atoms in total. The summed E-state index contributed by atoms with van der Waals surface area (Å²) in [6.45, 7) is 4.50. The highest BCUT2D eigenvalue weighted by Crippen LogP contribution is 2.44. The molecule has 9 heteroatoms. The summed E-state index contributed by atoms with van der Waals surface area (Å²) in [6, 6.07) is 3.35. The summed E-state index contributed by atoms with van der Waals surface area (Å²) in [5.41, 5.74) is 0.0445. The van der Waals surface area contributed by atoms with E-state index in [1.165, 1.54) is 11.3 Å². The summed E-state index contributed by atoms with van der Waals surface area (Å²) >= 11 is 1.27. The number of ether oxygens (including phenoxy) is 1. The quantitative estimate of drug-likeness (QED) is 0.742. The molecule has 3 fully saturated rings. The van der Waals surface area contributed by atoms with Crippen molar-refractivity contribution in [3.63, 3.8) is 0 Å². The lowest BCUT2D eigenvalue weighted by atomic mass is 9.77. The first kappa shape index (κ1) is 19.3. The maximum absolute atomic E-state index is 12.9. The van der Waals surface area contributed by atoms with Crippen molar-refractivity contribution in [2.24, 2.45) is 5.41 Å². The molecule has 1 spiro atoms. The van der Waals surface area contributed by atoms with Gasteiger partial charge in [-0.1, -0.05) is 6.07 Å². The summed E-state index contributed by atoms with van der Waals surface area (Å²) in [7, 11) is -1.36. The molecular weight excluding hydrogens is 386 g/mol. The second kappa shape index (κ2) is 7.44. The largest absolute Gasteiger partial charge is 0.378 e. The smallest absolute Gasteiger partial charge is 0.252 e. The molecule has 4 heterocycles. The topological polar surface area (TPSA) is 70.2 Å². The number of sulfonamides is 1. The second-order valence-electron chi connectivity index (χ2n) is 7.91. The Kier molecular flexibility index (Phi) is 5.32.